The number of nitrogens with one attached hydrogen (secondary N) is 2. The van der Waals surface area contributed by atoms with Gasteiger partial charge in [0.2, 0.25) is 0 Å². The van der Waals surface area contributed by atoms with Crippen LogP contribution in [0.1, 0.15) is 126 Å². The van der Waals surface area contributed by atoms with Gasteiger partial charge in [0.15, 0.2) is 0 Å². The number of esters is 2. The number of aromatic nitrogens is 3. The summed E-state index contributed by atoms with van der Waals surface area (Å²) in [5.74, 6) is -2.11. The summed E-state index contributed by atoms with van der Waals surface area (Å²) in [6.45, 7) is 16.8. The Balaban J connectivity index is 2.83. The van der Waals surface area contributed by atoms with Crippen molar-refractivity contribution in [3.8, 4) is 0 Å². The lowest BCUT2D eigenvalue weighted by Gasteiger charge is -2.27. The third-order valence-electron chi connectivity index (χ3n) is 6.22. The number of nitrogens with zero attached hydrogens (tertiary/aromatic N) is 3. The zero-order valence-electron chi connectivity index (χ0n) is 28.7. The SMILES string of the molecule is CC(C)(C)CC(=O)CC[C@H](NC(=O)N[C@H](CCCCn1cc(CCCCC(=O)O)nn1)C(=O)OC(C)(C)C)C(=O)OC(C)(C)C. The van der Waals surface area contributed by atoms with Gasteiger partial charge in [-0.25, -0.2) is 14.4 Å². The molecule has 0 spiro atoms. The number of amides is 2. The molecule has 13 heteroatoms. The molecule has 1 aromatic rings. The number of hydrogen-bond donors (Lipinski definition) is 3. The van der Waals surface area contributed by atoms with Gasteiger partial charge in [-0.3, -0.25) is 14.3 Å². The molecule has 0 aliphatic carbocycles. The number of ketones is 1. The third-order valence-corrected chi connectivity index (χ3v) is 6.22. The zero-order valence-corrected chi connectivity index (χ0v) is 28.7. The van der Waals surface area contributed by atoms with Crippen molar-refractivity contribution in [2.24, 2.45) is 5.41 Å². The van der Waals surface area contributed by atoms with Crippen LogP contribution in [0.3, 0.4) is 0 Å². The first kappa shape index (κ1) is 39.5. The van der Waals surface area contributed by atoms with Crippen molar-refractivity contribution < 1.29 is 38.6 Å². The summed E-state index contributed by atoms with van der Waals surface area (Å²) in [5, 5.41) is 22.3. The highest BCUT2D eigenvalue weighted by atomic mass is 16.6. The Bertz CT molecular complexity index is 1130. The smallest absolute Gasteiger partial charge is 0.329 e. The van der Waals surface area contributed by atoms with Gasteiger partial charge in [0.1, 0.15) is 29.1 Å². The molecule has 3 N–H and O–H groups in total. The maximum atomic E-state index is 13.1. The van der Waals surface area contributed by atoms with E-state index < -0.39 is 47.2 Å². The van der Waals surface area contributed by atoms with Crippen molar-refractivity contribution in [1.82, 2.24) is 25.6 Å². The quantitative estimate of drug-likeness (QED) is 0.150. The van der Waals surface area contributed by atoms with Gasteiger partial charge >= 0.3 is 23.9 Å². The first-order valence-corrected chi connectivity index (χ1v) is 15.8. The third kappa shape index (κ3) is 19.5. The van der Waals surface area contributed by atoms with E-state index in [1.807, 2.05) is 27.0 Å². The van der Waals surface area contributed by atoms with Crippen molar-refractivity contribution in [2.75, 3.05) is 0 Å². The predicted octanol–water partition coefficient (Wildman–Crippen LogP) is 4.75. The molecule has 0 aliphatic rings. The summed E-state index contributed by atoms with van der Waals surface area (Å²) in [5.41, 5.74) is -0.997. The summed E-state index contributed by atoms with van der Waals surface area (Å²) < 4.78 is 12.7. The van der Waals surface area contributed by atoms with E-state index in [9.17, 15) is 24.0 Å². The van der Waals surface area contributed by atoms with Gasteiger partial charge in [0, 0.05) is 32.0 Å². The molecular formula is C32H55N5O8. The number of ether oxygens (including phenoxy) is 2. The normalized spacial score (nSPS) is 13.4. The Labute approximate surface area is 267 Å². The van der Waals surface area contributed by atoms with Gasteiger partial charge in [-0.2, -0.15) is 0 Å². The number of aryl methyl sites for hydroxylation is 2. The molecular weight excluding hydrogens is 582 g/mol. The second kappa shape index (κ2) is 17.8. The molecule has 0 fully saturated rings. The number of carboxylic acids is 1. The van der Waals surface area contributed by atoms with Crippen LogP contribution in [0.2, 0.25) is 0 Å². The van der Waals surface area contributed by atoms with Crippen LogP contribution in [-0.2, 0) is 41.6 Å². The van der Waals surface area contributed by atoms with E-state index in [1.54, 1.807) is 46.2 Å². The van der Waals surface area contributed by atoms with E-state index in [-0.39, 0.29) is 36.9 Å². The number of carbonyl (C=O) groups excluding carboxylic acids is 4. The van der Waals surface area contributed by atoms with Crippen LogP contribution < -0.4 is 10.6 Å². The van der Waals surface area contributed by atoms with Gasteiger partial charge in [-0.05, 0) is 91.9 Å². The van der Waals surface area contributed by atoms with Crippen LogP contribution in [0.4, 0.5) is 4.79 Å². The van der Waals surface area contributed by atoms with Crippen molar-refractivity contribution in [2.45, 2.75) is 156 Å². The molecule has 2 amide bonds. The fraction of sp³-hybridized carbons (Fsp3) is 0.781. The molecule has 2 atom stereocenters. The summed E-state index contributed by atoms with van der Waals surface area (Å²) in [7, 11) is 0. The molecule has 13 nitrogen and oxygen atoms in total. The number of rotatable bonds is 18. The summed E-state index contributed by atoms with van der Waals surface area (Å²) in [6, 6.07) is -2.81. The van der Waals surface area contributed by atoms with E-state index in [4.69, 9.17) is 14.6 Å². The Morgan fingerprint density at radius 3 is 1.87 bits per heavy atom. The van der Waals surface area contributed by atoms with E-state index in [2.05, 4.69) is 20.9 Å². The van der Waals surface area contributed by atoms with Crippen molar-refractivity contribution >= 4 is 29.7 Å². The number of unbranched alkanes of at least 4 members (excludes halogenated alkanes) is 2. The van der Waals surface area contributed by atoms with E-state index in [1.165, 1.54) is 0 Å². The zero-order chi connectivity index (χ0) is 34.4. The lowest BCUT2D eigenvalue weighted by atomic mass is 9.88. The maximum absolute atomic E-state index is 13.1. The average molecular weight is 638 g/mol. The van der Waals surface area contributed by atoms with Crippen LogP contribution in [-0.4, -0.2) is 73.1 Å². The first-order valence-electron chi connectivity index (χ1n) is 15.8. The predicted molar refractivity (Wildman–Crippen MR) is 168 cm³/mol. The minimum Gasteiger partial charge on any atom is -0.481 e. The highest BCUT2D eigenvalue weighted by molar-refractivity contribution is 5.88. The van der Waals surface area contributed by atoms with E-state index in [0.29, 0.717) is 45.1 Å². The van der Waals surface area contributed by atoms with Crippen LogP contribution >= 0.6 is 0 Å². The number of Topliss-reactive ketones (excluding diaryl/α,β-unsaturated/α-hetero) is 1. The molecule has 0 aliphatic heterocycles. The Morgan fingerprint density at radius 2 is 1.36 bits per heavy atom. The molecule has 1 heterocycles. The lowest BCUT2D eigenvalue weighted by Crippen LogP contribution is -2.53. The van der Waals surface area contributed by atoms with E-state index >= 15 is 0 Å². The number of urea groups is 1. The van der Waals surface area contributed by atoms with Crippen LogP contribution in [0.15, 0.2) is 6.20 Å². The molecule has 0 saturated heterocycles. The van der Waals surface area contributed by atoms with Crippen molar-refractivity contribution in [1.29, 1.82) is 0 Å². The largest absolute Gasteiger partial charge is 0.481 e. The molecule has 0 saturated carbocycles. The minimum atomic E-state index is -1.09. The van der Waals surface area contributed by atoms with E-state index in [0.717, 1.165) is 5.69 Å². The number of carboxylic acid groups (broad SMARTS) is 1. The molecule has 1 aromatic heterocycles. The highest BCUT2D eigenvalue weighted by Gasteiger charge is 2.31. The van der Waals surface area contributed by atoms with Gasteiger partial charge in [0.05, 0.1) is 5.69 Å². The Hall–Kier alpha value is -3.51. The molecule has 0 bridgehead atoms. The topological polar surface area (TPSA) is 179 Å². The molecule has 0 unspecified atom stereocenters. The Kier molecular flexibility index (Phi) is 15.7. The first-order chi connectivity index (χ1) is 20.6. The molecule has 45 heavy (non-hydrogen) atoms. The summed E-state index contributed by atoms with van der Waals surface area (Å²) >= 11 is 0. The van der Waals surface area contributed by atoms with Crippen LogP contribution in [0.25, 0.3) is 0 Å². The fourth-order valence-corrected chi connectivity index (χ4v) is 4.35. The molecule has 256 valence electrons. The minimum absolute atomic E-state index is 0.0254. The number of aliphatic carboxylic acids is 1. The molecule has 0 radical (unpaired) electrons. The number of carbonyl (C=O) groups is 5. The number of hydrogen-bond acceptors (Lipinski definition) is 9. The van der Waals surface area contributed by atoms with Crippen molar-refractivity contribution in [3.63, 3.8) is 0 Å². The summed E-state index contributed by atoms with van der Waals surface area (Å²) in [4.78, 5) is 62.2. The second-order valence-corrected chi connectivity index (χ2v) is 14.7. The highest BCUT2D eigenvalue weighted by Crippen LogP contribution is 2.21. The summed E-state index contributed by atoms with van der Waals surface area (Å²) in [6.07, 6.45) is 5.82. The van der Waals surface area contributed by atoms with Gasteiger partial charge in [-0.1, -0.05) is 26.0 Å². The monoisotopic (exact) mass is 637 g/mol. The second-order valence-electron chi connectivity index (χ2n) is 14.7. The fourth-order valence-electron chi connectivity index (χ4n) is 4.35. The molecule has 1 rings (SSSR count). The molecule has 0 aromatic carbocycles. The Morgan fingerprint density at radius 1 is 0.800 bits per heavy atom. The average Bonchev–Trinajstić information content (AvgIpc) is 3.30. The van der Waals surface area contributed by atoms with Gasteiger partial charge in [-0.15, -0.1) is 5.10 Å². The van der Waals surface area contributed by atoms with Crippen molar-refractivity contribution in [3.05, 3.63) is 11.9 Å². The van der Waals surface area contributed by atoms with Gasteiger partial charge in [0.25, 0.3) is 0 Å². The lowest BCUT2D eigenvalue weighted by molar-refractivity contribution is -0.157. The standard InChI is InChI=1S/C32H55N5O8/c1-30(2,3)20-23(38)17-18-25(28(42)45-32(7,8)9)34-29(43)33-24(27(41)44-31(4,5)6)15-12-13-19-37-21-22(35-36-37)14-10-11-16-26(39)40/h21,24-25H,10-20H2,1-9H3,(H,39,40)(H2,33,34,43)/t24-,25+/m1/s1. The van der Waals surface area contributed by atoms with Gasteiger partial charge < -0.3 is 25.2 Å². The van der Waals surface area contributed by atoms with Crippen LogP contribution in [0.5, 0.6) is 0 Å². The maximum Gasteiger partial charge on any atom is 0.329 e. The van der Waals surface area contributed by atoms with Crippen LogP contribution in [0, 0.1) is 5.41 Å².